The number of fused-ring (bicyclic) bond motifs is 1. The molecule has 0 amide bonds. The highest BCUT2D eigenvalue weighted by Crippen LogP contribution is 2.28. The second kappa shape index (κ2) is 4.75. The zero-order valence-electron chi connectivity index (χ0n) is 9.94. The summed E-state index contributed by atoms with van der Waals surface area (Å²) in [5, 5.41) is 9.55. The summed E-state index contributed by atoms with van der Waals surface area (Å²) in [6, 6.07) is 14.0. The lowest BCUT2D eigenvalue weighted by Crippen LogP contribution is -2.15. The van der Waals surface area contributed by atoms with Gasteiger partial charge in [-0.05, 0) is 34.9 Å². The molecule has 2 aromatic carbocycles. The van der Waals surface area contributed by atoms with Crippen LogP contribution in [0.4, 0.5) is 0 Å². The van der Waals surface area contributed by atoms with Crippen molar-refractivity contribution >= 4 is 15.9 Å². The molecule has 1 aliphatic rings. The fourth-order valence-electron chi connectivity index (χ4n) is 2.44. The number of hydrogen-bond donors (Lipinski definition) is 1. The molecule has 0 spiro atoms. The minimum Gasteiger partial charge on any atom is -0.508 e. The normalized spacial score (nSPS) is 14.7. The first-order valence-corrected chi connectivity index (χ1v) is 6.78. The predicted molar refractivity (Wildman–Crippen MR) is 75.2 cm³/mol. The summed E-state index contributed by atoms with van der Waals surface area (Å²) < 4.78 is 1.05. The average molecular weight is 304 g/mol. The van der Waals surface area contributed by atoms with E-state index in [2.05, 4.69) is 45.1 Å². The molecule has 0 bridgehead atoms. The van der Waals surface area contributed by atoms with E-state index in [4.69, 9.17) is 0 Å². The Labute approximate surface area is 115 Å². The van der Waals surface area contributed by atoms with E-state index < -0.39 is 0 Å². The van der Waals surface area contributed by atoms with Crippen LogP contribution in [0.3, 0.4) is 0 Å². The molecule has 1 heterocycles. The molecule has 3 rings (SSSR count). The summed E-state index contributed by atoms with van der Waals surface area (Å²) in [4.78, 5) is 2.38. The van der Waals surface area contributed by atoms with E-state index in [1.165, 1.54) is 11.1 Å². The second-order valence-electron chi connectivity index (χ2n) is 4.69. The van der Waals surface area contributed by atoms with Crippen molar-refractivity contribution < 1.29 is 5.11 Å². The van der Waals surface area contributed by atoms with Crippen molar-refractivity contribution in [2.75, 3.05) is 0 Å². The van der Waals surface area contributed by atoms with E-state index in [0.717, 1.165) is 29.7 Å². The van der Waals surface area contributed by atoms with Crippen LogP contribution in [0.5, 0.6) is 5.75 Å². The van der Waals surface area contributed by atoms with Gasteiger partial charge in [0.2, 0.25) is 0 Å². The third-order valence-corrected chi connectivity index (χ3v) is 4.10. The molecule has 92 valence electrons. The number of rotatable bonds is 2. The fourth-order valence-corrected chi connectivity index (χ4v) is 2.81. The van der Waals surface area contributed by atoms with Gasteiger partial charge in [0.1, 0.15) is 5.75 Å². The van der Waals surface area contributed by atoms with Crippen molar-refractivity contribution in [2.45, 2.75) is 19.6 Å². The van der Waals surface area contributed by atoms with E-state index in [1.54, 1.807) is 6.07 Å². The van der Waals surface area contributed by atoms with E-state index in [9.17, 15) is 5.11 Å². The molecule has 3 heteroatoms. The smallest absolute Gasteiger partial charge is 0.115 e. The SMILES string of the molecule is Oc1ccc(Br)c(CN2Cc3ccccc3C2)c1. The number of halogens is 1. The number of aromatic hydroxyl groups is 1. The maximum absolute atomic E-state index is 9.55. The zero-order chi connectivity index (χ0) is 12.5. The van der Waals surface area contributed by atoms with Crippen molar-refractivity contribution in [3.63, 3.8) is 0 Å². The van der Waals surface area contributed by atoms with Gasteiger partial charge in [-0.15, -0.1) is 0 Å². The van der Waals surface area contributed by atoms with Gasteiger partial charge in [-0.1, -0.05) is 40.2 Å². The molecule has 2 nitrogen and oxygen atoms in total. The predicted octanol–water partition coefficient (Wildman–Crippen LogP) is 3.67. The van der Waals surface area contributed by atoms with Crippen LogP contribution in [0.1, 0.15) is 16.7 Å². The molecule has 0 aliphatic carbocycles. The first-order chi connectivity index (χ1) is 8.72. The van der Waals surface area contributed by atoms with Crippen LogP contribution < -0.4 is 0 Å². The Kier molecular flexibility index (Phi) is 3.10. The van der Waals surface area contributed by atoms with E-state index in [0.29, 0.717) is 5.75 Å². The summed E-state index contributed by atoms with van der Waals surface area (Å²) in [6.45, 7) is 2.82. The number of hydrogen-bond acceptors (Lipinski definition) is 2. The lowest BCUT2D eigenvalue weighted by molar-refractivity contribution is 0.274. The Balaban J connectivity index is 1.78. The standard InChI is InChI=1S/C15H14BrNO/c16-15-6-5-14(18)7-13(15)10-17-8-11-3-1-2-4-12(11)9-17/h1-7,18H,8-10H2. The second-order valence-corrected chi connectivity index (χ2v) is 5.54. The number of benzene rings is 2. The molecule has 1 aliphatic heterocycles. The molecule has 0 saturated carbocycles. The third-order valence-electron chi connectivity index (χ3n) is 3.33. The molecular weight excluding hydrogens is 290 g/mol. The van der Waals surface area contributed by atoms with Crippen LogP contribution in [-0.2, 0) is 19.6 Å². The van der Waals surface area contributed by atoms with Gasteiger partial charge in [0.05, 0.1) is 0 Å². The minimum atomic E-state index is 0.324. The molecule has 0 atom stereocenters. The summed E-state index contributed by atoms with van der Waals surface area (Å²) in [5.41, 5.74) is 3.95. The zero-order valence-corrected chi connectivity index (χ0v) is 11.5. The van der Waals surface area contributed by atoms with Crippen molar-refractivity contribution in [2.24, 2.45) is 0 Å². The van der Waals surface area contributed by atoms with Gasteiger partial charge in [-0.2, -0.15) is 0 Å². The minimum absolute atomic E-state index is 0.324. The van der Waals surface area contributed by atoms with E-state index in [-0.39, 0.29) is 0 Å². The molecule has 0 saturated heterocycles. The maximum Gasteiger partial charge on any atom is 0.115 e. The van der Waals surface area contributed by atoms with Crippen LogP contribution in [0.2, 0.25) is 0 Å². The third kappa shape index (κ3) is 2.28. The highest BCUT2D eigenvalue weighted by molar-refractivity contribution is 9.10. The van der Waals surface area contributed by atoms with Crippen molar-refractivity contribution in [3.05, 3.63) is 63.6 Å². The molecular formula is C15H14BrNO. The molecule has 0 radical (unpaired) electrons. The largest absolute Gasteiger partial charge is 0.508 e. The summed E-state index contributed by atoms with van der Waals surface area (Å²) in [7, 11) is 0. The van der Waals surface area contributed by atoms with E-state index >= 15 is 0 Å². The van der Waals surface area contributed by atoms with Gasteiger partial charge in [-0.25, -0.2) is 0 Å². The average Bonchev–Trinajstić information content (AvgIpc) is 2.76. The fraction of sp³-hybridized carbons (Fsp3) is 0.200. The molecule has 1 N–H and O–H groups in total. The maximum atomic E-state index is 9.55. The van der Waals surface area contributed by atoms with Gasteiger partial charge in [0.15, 0.2) is 0 Å². The van der Waals surface area contributed by atoms with Gasteiger partial charge >= 0.3 is 0 Å². The lowest BCUT2D eigenvalue weighted by atomic mass is 10.1. The van der Waals surface area contributed by atoms with Gasteiger partial charge in [0.25, 0.3) is 0 Å². The number of phenols is 1. The van der Waals surface area contributed by atoms with Gasteiger partial charge in [-0.3, -0.25) is 4.90 Å². The number of nitrogens with zero attached hydrogens (tertiary/aromatic N) is 1. The monoisotopic (exact) mass is 303 g/mol. The topological polar surface area (TPSA) is 23.5 Å². The van der Waals surface area contributed by atoms with Crippen molar-refractivity contribution in [1.29, 1.82) is 0 Å². The summed E-state index contributed by atoms with van der Waals surface area (Å²) in [5.74, 6) is 0.324. The highest BCUT2D eigenvalue weighted by atomic mass is 79.9. The van der Waals surface area contributed by atoms with Crippen LogP contribution in [0, 0.1) is 0 Å². The highest BCUT2D eigenvalue weighted by Gasteiger charge is 2.18. The van der Waals surface area contributed by atoms with Crippen molar-refractivity contribution in [3.8, 4) is 5.75 Å². The van der Waals surface area contributed by atoms with E-state index in [1.807, 2.05) is 12.1 Å². The molecule has 0 fully saturated rings. The molecule has 2 aromatic rings. The summed E-state index contributed by atoms with van der Waals surface area (Å²) >= 11 is 3.54. The van der Waals surface area contributed by atoms with Gasteiger partial charge < -0.3 is 5.11 Å². The Morgan fingerprint density at radius 1 is 1.06 bits per heavy atom. The van der Waals surface area contributed by atoms with Crippen LogP contribution >= 0.6 is 15.9 Å². The first kappa shape index (κ1) is 11.8. The number of phenolic OH excluding ortho intramolecular Hbond substituents is 1. The first-order valence-electron chi connectivity index (χ1n) is 5.99. The molecule has 0 unspecified atom stereocenters. The Hall–Kier alpha value is -1.32. The lowest BCUT2D eigenvalue weighted by Gasteiger charge is -2.16. The Morgan fingerprint density at radius 3 is 2.39 bits per heavy atom. The molecule has 18 heavy (non-hydrogen) atoms. The van der Waals surface area contributed by atoms with Crippen LogP contribution in [-0.4, -0.2) is 10.0 Å². The van der Waals surface area contributed by atoms with Crippen LogP contribution in [0.25, 0.3) is 0 Å². The molecule has 0 aromatic heterocycles. The Bertz CT molecular complexity index is 557. The quantitative estimate of drug-likeness (QED) is 0.915. The van der Waals surface area contributed by atoms with Crippen molar-refractivity contribution in [1.82, 2.24) is 4.90 Å². The van der Waals surface area contributed by atoms with Gasteiger partial charge in [0, 0.05) is 24.1 Å². The Morgan fingerprint density at radius 2 is 1.72 bits per heavy atom. The summed E-state index contributed by atoms with van der Waals surface area (Å²) in [6.07, 6.45) is 0. The van der Waals surface area contributed by atoms with Crippen LogP contribution in [0.15, 0.2) is 46.9 Å².